The van der Waals surface area contributed by atoms with Crippen LogP contribution in [0.1, 0.15) is 11.1 Å². The molecule has 13 heavy (non-hydrogen) atoms. The molecule has 0 saturated carbocycles. The van der Waals surface area contributed by atoms with E-state index in [0.29, 0.717) is 15.8 Å². The molecule has 0 radical (unpaired) electrons. The van der Waals surface area contributed by atoms with E-state index in [2.05, 4.69) is 15.9 Å². The van der Waals surface area contributed by atoms with Crippen molar-refractivity contribution < 1.29 is 14.9 Å². The number of hydrogen-bond donors (Lipinski definition) is 2. The van der Waals surface area contributed by atoms with Crippen molar-refractivity contribution in [2.24, 2.45) is 0 Å². The molecule has 0 aliphatic carbocycles. The highest BCUT2D eigenvalue weighted by atomic mass is 79.9. The number of phenols is 1. The third-order valence-corrected chi connectivity index (χ3v) is 2.96. The molecule has 0 atom stereocenters. The van der Waals surface area contributed by atoms with Crippen molar-refractivity contribution in [3.63, 3.8) is 0 Å². The van der Waals surface area contributed by atoms with Crippen LogP contribution in [0.5, 0.6) is 11.5 Å². The van der Waals surface area contributed by atoms with Crippen LogP contribution in [0.3, 0.4) is 0 Å². The van der Waals surface area contributed by atoms with Crippen LogP contribution in [0, 0.1) is 6.92 Å². The number of benzene rings is 1. The smallest absolute Gasteiger partial charge is 0.164 e. The van der Waals surface area contributed by atoms with Crippen LogP contribution in [0.4, 0.5) is 0 Å². The lowest BCUT2D eigenvalue weighted by atomic mass is 10.1. The van der Waals surface area contributed by atoms with E-state index in [1.165, 1.54) is 7.11 Å². The Morgan fingerprint density at radius 1 is 1.54 bits per heavy atom. The molecule has 0 aromatic heterocycles. The first-order valence-corrected chi connectivity index (χ1v) is 4.57. The fraction of sp³-hybridized carbons (Fsp3) is 0.333. The molecule has 72 valence electrons. The van der Waals surface area contributed by atoms with Crippen molar-refractivity contribution in [2.45, 2.75) is 13.5 Å². The second kappa shape index (κ2) is 3.98. The number of ether oxygens (including phenoxy) is 1. The van der Waals surface area contributed by atoms with Crippen molar-refractivity contribution >= 4 is 15.9 Å². The van der Waals surface area contributed by atoms with Crippen molar-refractivity contribution in [3.8, 4) is 11.5 Å². The molecule has 0 aliphatic rings. The van der Waals surface area contributed by atoms with Gasteiger partial charge in [-0.25, -0.2) is 0 Å². The molecule has 1 rings (SSSR count). The molecule has 1 aromatic carbocycles. The van der Waals surface area contributed by atoms with Gasteiger partial charge in [-0.1, -0.05) is 15.9 Å². The molecule has 1 aromatic rings. The second-order valence-corrected chi connectivity index (χ2v) is 3.49. The number of hydrogen-bond acceptors (Lipinski definition) is 3. The highest BCUT2D eigenvalue weighted by Gasteiger charge is 2.13. The Morgan fingerprint density at radius 3 is 2.62 bits per heavy atom. The average Bonchev–Trinajstić information content (AvgIpc) is 2.12. The average molecular weight is 247 g/mol. The Bertz CT molecular complexity index is 323. The van der Waals surface area contributed by atoms with Crippen molar-refractivity contribution in [3.05, 3.63) is 21.7 Å². The first-order valence-electron chi connectivity index (χ1n) is 3.77. The summed E-state index contributed by atoms with van der Waals surface area (Å²) in [5.41, 5.74) is 1.37. The highest BCUT2D eigenvalue weighted by Crippen LogP contribution is 2.37. The minimum atomic E-state index is -0.218. The van der Waals surface area contributed by atoms with Gasteiger partial charge in [0.15, 0.2) is 11.5 Å². The van der Waals surface area contributed by atoms with Gasteiger partial charge in [0, 0.05) is 10.0 Å². The molecule has 0 bridgehead atoms. The van der Waals surface area contributed by atoms with Crippen molar-refractivity contribution in [2.75, 3.05) is 7.11 Å². The van der Waals surface area contributed by atoms with Crippen molar-refractivity contribution in [1.82, 2.24) is 0 Å². The standard InChI is InChI=1S/C9H11BrO3/c1-5-3-7(13-2)9(12)6(4-11)8(5)10/h3,11-12H,4H2,1-2H3. The summed E-state index contributed by atoms with van der Waals surface area (Å²) in [6, 6.07) is 1.71. The monoisotopic (exact) mass is 246 g/mol. The Kier molecular flexibility index (Phi) is 3.17. The summed E-state index contributed by atoms with van der Waals surface area (Å²) >= 11 is 3.28. The largest absolute Gasteiger partial charge is 0.504 e. The lowest BCUT2D eigenvalue weighted by Crippen LogP contribution is -1.93. The van der Waals surface area contributed by atoms with Crippen LogP contribution in [0.2, 0.25) is 0 Å². The number of aryl methyl sites for hydroxylation is 1. The zero-order valence-electron chi connectivity index (χ0n) is 7.47. The fourth-order valence-electron chi connectivity index (χ4n) is 1.12. The van der Waals surface area contributed by atoms with Crippen LogP contribution in [0.25, 0.3) is 0 Å². The third-order valence-electron chi connectivity index (χ3n) is 1.86. The summed E-state index contributed by atoms with van der Waals surface area (Å²) in [7, 11) is 1.48. The van der Waals surface area contributed by atoms with E-state index in [4.69, 9.17) is 9.84 Å². The van der Waals surface area contributed by atoms with Crippen molar-refractivity contribution in [1.29, 1.82) is 0 Å². The molecule has 0 aliphatic heterocycles. The molecule has 3 nitrogen and oxygen atoms in total. The van der Waals surface area contributed by atoms with Gasteiger partial charge < -0.3 is 14.9 Å². The summed E-state index contributed by atoms with van der Waals surface area (Å²) < 4.78 is 5.66. The van der Waals surface area contributed by atoms with E-state index in [0.717, 1.165) is 5.56 Å². The zero-order chi connectivity index (χ0) is 10.0. The molecule has 0 unspecified atom stereocenters. The quantitative estimate of drug-likeness (QED) is 0.839. The molecule has 0 spiro atoms. The molecular formula is C9H11BrO3. The first-order chi connectivity index (χ1) is 6.11. The maximum atomic E-state index is 9.58. The van der Waals surface area contributed by atoms with Crippen LogP contribution in [-0.2, 0) is 6.61 Å². The number of aromatic hydroxyl groups is 1. The Hall–Kier alpha value is -0.740. The van der Waals surface area contributed by atoms with E-state index in [-0.39, 0.29) is 12.4 Å². The molecule has 2 N–H and O–H groups in total. The van der Waals surface area contributed by atoms with E-state index in [1.54, 1.807) is 6.07 Å². The molecule has 0 amide bonds. The number of rotatable bonds is 2. The number of aliphatic hydroxyl groups excluding tert-OH is 1. The van der Waals surface area contributed by atoms with Gasteiger partial charge >= 0.3 is 0 Å². The minimum Gasteiger partial charge on any atom is -0.504 e. The fourth-order valence-corrected chi connectivity index (χ4v) is 1.55. The lowest BCUT2D eigenvalue weighted by molar-refractivity contribution is 0.271. The van der Waals surface area contributed by atoms with Gasteiger partial charge in [0.25, 0.3) is 0 Å². The molecule has 4 heteroatoms. The van der Waals surface area contributed by atoms with Gasteiger partial charge in [-0.05, 0) is 18.6 Å². The predicted molar refractivity (Wildman–Crippen MR) is 53.0 cm³/mol. The molecule has 0 fully saturated rings. The third kappa shape index (κ3) is 1.78. The maximum absolute atomic E-state index is 9.58. The summed E-state index contributed by atoms with van der Waals surface area (Å²) in [5.74, 6) is 0.368. The molecular weight excluding hydrogens is 236 g/mol. The SMILES string of the molecule is COc1cc(C)c(Br)c(CO)c1O. The Balaban J connectivity index is 3.39. The zero-order valence-corrected chi connectivity index (χ0v) is 9.05. The number of aliphatic hydroxyl groups is 1. The molecule has 0 heterocycles. The van der Waals surface area contributed by atoms with E-state index in [1.807, 2.05) is 6.92 Å². The van der Waals surface area contributed by atoms with E-state index < -0.39 is 0 Å². The van der Waals surface area contributed by atoms with Crippen LogP contribution in [0.15, 0.2) is 10.5 Å². The van der Waals surface area contributed by atoms with Gasteiger partial charge in [-0.2, -0.15) is 0 Å². The van der Waals surface area contributed by atoms with Gasteiger partial charge in [-0.15, -0.1) is 0 Å². The number of methoxy groups -OCH3 is 1. The van der Waals surface area contributed by atoms with Crippen LogP contribution in [-0.4, -0.2) is 17.3 Å². The summed E-state index contributed by atoms with van der Waals surface area (Å²) in [4.78, 5) is 0. The summed E-state index contributed by atoms with van der Waals surface area (Å²) in [5, 5.41) is 18.6. The highest BCUT2D eigenvalue weighted by molar-refractivity contribution is 9.10. The van der Waals surface area contributed by atoms with Gasteiger partial charge in [0.05, 0.1) is 13.7 Å². The maximum Gasteiger partial charge on any atom is 0.164 e. The minimum absolute atomic E-state index is 0.0116. The first kappa shape index (κ1) is 10.3. The second-order valence-electron chi connectivity index (χ2n) is 2.69. The van der Waals surface area contributed by atoms with Crippen LogP contribution < -0.4 is 4.74 Å². The van der Waals surface area contributed by atoms with Gasteiger partial charge in [-0.3, -0.25) is 0 Å². The Labute approximate surface area is 85.1 Å². The lowest BCUT2D eigenvalue weighted by Gasteiger charge is -2.11. The van der Waals surface area contributed by atoms with Crippen LogP contribution >= 0.6 is 15.9 Å². The van der Waals surface area contributed by atoms with Gasteiger partial charge in [0.2, 0.25) is 0 Å². The number of halogens is 1. The molecule has 0 saturated heterocycles. The summed E-state index contributed by atoms with van der Waals surface area (Å²) in [6.45, 7) is 1.65. The van der Waals surface area contributed by atoms with E-state index in [9.17, 15) is 5.11 Å². The normalized spacial score (nSPS) is 10.2. The Morgan fingerprint density at radius 2 is 2.15 bits per heavy atom. The predicted octanol–water partition coefficient (Wildman–Crippen LogP) is 1.96. The van der Waals surface area contributed by atoms with E-state index >= 15 is 0 Å². The summed E-state index contributed by atoms with van der Waals surface area (Å²) in [6.07, 6.45) is 0. The topological polar surface area (TPSA) is 49.7 Å². The van der Waals surface area contributed by atoms with Gasteiger partial charge in [0.1, 0.15) is 0 Å².